The van der Waals surface area contributed by atoms with E-state index < -0.39 is 0 Å². The van der Waals surface area contributed by atoms with Crippen LogP contribution in [0.4, 0.5) is 0 Å². The topological polar surface area (TPSA) is 61.4 Å². The van der Waals surface area contributed by atoms with Crippen LogP contribution in [0.25, 0.3) is 0 Å². The Bertz CT molecular complexity index is 276. The lowest BCUT2D eigenvalue weighted by atomic mass is 9.73. The molecule has 2 amide bonds. The third kappa shape index (κ3) is 1.71. The highest BCUT2D eigenvalue weighted by atomic mass is 16.2. The summed E-state index contributed by atoms with van der Waals surface area (Å²) in [4.78, 5) is 23.5. The number of hydrogen-bond donors (Lipinski definition) is 2. The summed E-state index contributed by atoms with van der Waals surface area (Å²) >= 11 is 0. The van der Waals surface area contributed by atoms with Crippen molar-refractivity contribution in [3.05, 3.63) is 0 Å². The van der Waals surface area contributed by atoms with Gasteiger partial charge in [-0.2, -0.15) is 0 Å². The first-order valence-electron chi connectivity index (χ1n) is 5.31. The number of carbonyl (C=O) groups excluding carboxylic acids is 2. The van der Waals surface area contributed by atoms with Crippen LogP contribution in [0, 0.1) is 11.3 Å². The Kier molecular flexibility index (Phi) is 2.65. The summed E-state index contributed by atoms with van der Waals surface area (Å²) in [6, 6.07) is 0. The number of likely N-dealkylation sites (tertiary alicyclic amines) is 1. The molecule has 2 fully saturated rings. The summed E-state index contributed by atoms with van der Waals surface area (Å²) in [6.45, 7) is 5.81. The zero-order valence-corrected chi connectivity index (χ0v) is 8.95. The fourth-order valence-corrected chi connectivity index (χ4v) is 2.59. The van der Waals surface area contributed by atoms with Crippen LogP contribution in [0.15, 0.2) is 0 Å². The van der Waals surface area contributed by atoms with Crippen LogP contribution >= 0.6 is 0 Å². The standard InChI is InChI=1S/C10H17N3O2/c1-8(15)13-3-9(2-11-7-14)10(6-13)4-12-5-10/h7,9,12H,2-6H2,1H3,(H,11,14). The van der Waals surface area contributed by atoms with E-state index >= 15 is 0 Å². The smallest absolute Gasteiger partial charge is 0.219 e. The summed E-state index contributed by atoms with van der Waals surface area (Å²) in [5, 5.41) is 5.98. The monoisotopic (exact) mass is 211 g/mol. The Labute approximate surface area is 89.2 Å². The maximum atomic E-state index is 11.3. The lowest BCUT2D eigenvalue weighted by Crippen LogP contribution is -2.59. The molecule has 0 aromatic rings. The van der Waals surface area contributed by atoms with Gasteiger partial charge in [0, 0.05) is 51.0 Å². The summed E-state index contributed by atoms with van der Waals surface area (Å²) in [7, 11) is 0. The molecule has 2 rings (SSSR count). The van der Waals surface area contributed by atoms with Crippen LogP contribution in [0.2, 0.25) is 0 Å². The normalized spacial score (nSPS) is 27.5. The van der Waals surface area contributed by atoms with Crippen LogP contribution < -0.4 is 10.6 Å². The molecule has 2 aliphatic rings. The van der Waals surface area contributed by atoms with Crippen molar-refractivity contribution in [1.82, 2.24) is 15.5 Å². The van der Waals surface area contributed by atoms with Crippen LogP contribution in [0.5, 0.6) is 0 Å². The Hall–Kier alpha value is -1.10. The van der Waals surface area contributed by atoms with Gasteiger partial charge in [-0.05, 0) is 0 Å². The fourth-order valence-electron chi connectivity index (χ4n) is 2.59. The third-order valence-corrected chi connectivity index (χ3v) is 3.66. The van der Waals surface area contributed by atoms with Crippen molar-refractivity contribution in [3.8, 4) is 0 Å². The molecular weight excluding hydrogens is 194 g/mol. The number of nitrogens with one attached hydrogen (secondary N) is 2. The van der Waals surface area contributed by atoms with E-state index in [0.29, 0.717) is 12.5 Å². The third-order valence-electron chi connectivity index (χ3n) is 3.66. The second-order valence-corrected chi connectivity index (χ2v) is 4.59. The summed E-state index contributed by atoms with van der Waals surface area (Å²) in [5.41, 5.74) is 0.210. The molecule has 2 N–H and O–H groups in total. The predicted molar refractivity (Wildman–Crippen MR) is 55.1 cm³/mol. The minimum Gasteiger partial charge on any atom is -0.358 e. The molecule has 0 saturated carbocycles. The van der Waals surface area contributed by atoms with Crippen molar-refractivity contribution in [2.24, 2.45) is 11.3 Å². The maximum Gasteiger partial charge on any atom is 0.219 e. The van der Waals surface area contributed by atoms with Crippen molar-refractivity contribution < 1.29 is 9.59 Å². The molecular formula is C10H17N3O2. The van der Waals surface area contributed by atoms with Crippen molar-refractivity contribution >= 4 is 12.3 Å². The minimum atomic E-state index is 0.134. The Balaban J connectivity index is 2.01. The highest BCUT2D eigenvalue weighted by Gasteiger charge is 2.50. The van der Waals surface area contributed by atoms with Gasteiger partial charge < -0.3 is 15.5 Å². The maximum absolute atomic E-state index is 11.3. The number of nitrogens with zero attached hydrogens (tertiary/aromatic N) is 1. The molecule has 0 aromatic carbocycles. The van der Waals surface area contributed by atoms with Crippen LogP contribution in [0.1, 0.15) is 6.92 Å². The van der Waals surface area contributed by atoms with Gasteiger partial charge in [-0.3, -0.25) is 9.59 Å². The van der Waals surface area contributed by atoms with Crippen LogP contribution in [-0.4, -0.2) is 49.9 Å². The molecule has 15 heavy (non-hydrogen) atoms. The highest BCUT2D eigenvalue weighted by Crippen LogP contribution is 2.38. The number of rotatable bonds is 3. The van der Waals surface area contributed by atoms with E-state index in [4.69, 9.17) is 0 Å². The molecule has 0 aromatic heterocycles. The first kappa shape index (κ1) is 10.4. The van der Waals surface area contributed by atoms with Crippen molar-refractivity contribution in [2.75, 3.05) is 32.7 Å². The number of carbonyl (C=O) groups is 2. The van der Waals surface area contributed by atoms with Gasteiger partial charge in [0.25, 0.3) is 0 Å². The average Bonchev–Trinajstić information content (AvgIpc) is 2.53. The Morgan fingerprint density at radius 3 is 2.87 bits per heavy atom. The first-order valence-corrected chi connectivity index (χ1v) is 5.31. The lowest BCUT2D eigenvalue weighted by molar-refractivity contribution is -0.128. The second kappa shape index (κ2) is 3.81. The molecule has 0 radical (unpaired) electrons. The largest absolute Gasteiger partial charge is 0.358 e. The highest BCUT2D eigenvalue weighted by molar-refractivity contribution is 5.73. The first-order chi connectivity index (χ1) is 7.18. The van der Waals surface area contributed by atoms with E-state index in [9.17, 15) is 9.59 Å². The van der Waals surface area contributed by atoms with Gasteiger partial charge in [0.1, 0.15) is 0 Å². The van der Waals surface area contributed by atoms with Crippen molar-refractivity contribution in [2.45, 2.75) is 6.92 Å². The van der Waals surface area contributed by atoms with Gasteiger partial charge in [0.05, 0.1) is 0 Å². The minimum absolute atomic E-state index is 0.134. The summed E-state index contributed by atoms with van der Waals surface area (Å²) in [5.74, 6) is 0.530. The molecule has 1 spiro atoms. The van der Waals surface area contributed by atoms with Gasteiger partial charge in [-0.1, -0.05) is 0 Å². The fraction of sp³-hybridized carbons (Fsp3) is 0.800. The van der Waals surface area contributed by atoms with E-state index in [1.165, 1.54) is 0 Å². The molecule has 0 bridgehead atoms. The number of hydrogen-bond acceptors (Lipinski definition) is 3. The van der Waals surface area contributed by atoms with Gasteiger partial charge in [0.2, 0.25) is 12.3 Å². The van der Waals surface area contributed by atoms with Gasteiger partial charge in [0.15, 0.2) is 0 Å². The molecule has 1 atom stereocenters. The molecule has 0 aliphatic carbocycles. The molecule has 5 nitrogen and oxygen atoms in total. The molecule has 2 aliphatic heterocycles. The molecule has 84 valence electrons. The molecule has 2 heterocycles. The van der Waals surface area contributed by atoms with Crippen molar-refractivity contribution in [1.29, 1.82) is 0 Å². The Morgan fingerprint density at radius 2 is 2.40 bits per heavy atom. The molecule has 2 saturated heterocycles. The molecule has 5 heteroatoms. The van der Waals surface area contributed by atoms with E-state index in [-0.39, 0.29) is 11.3 Å². The summed E-state index contributed by atoms with van der Waals surface area (Å²) in [6.07, 6.45) is 0.732. The van der Waals surface area contributed by atoms with Gasteiger partial charge in [-0.15, -0.1) is 0 Å². The second-order valence-electron chi connectivity index (χ2n) is 4.59. The summed E-state index contributed by atoms with van der Waals surface area (Å²) < 4.78 is 0. The zero-order valence-electron chi connectivity index (χ0n) is 8.95. The van der Waals surface area contributed by atoms with Gasteiger partial charge in [-0.25, -0.2) is 0 Å². The quantitative estimate of drug-likeness (QED) is 0.576. The van der Waals surface area contributed by atoms with Gasteiger partial charge >= 0.3 is 0 Å². The SMILES string of the molecule is CC(=O)N1CC(CNC=O)C2(CNC2)C1. The number of amides is 2. The van der Waals surface area contributed by atoms with E-state index in [1.54, 1.807) is 6.92 Å². The van der Waals surface area contributed by atoms with E-state index in [2.05, 4.69) is 10.6 Å². The van der Waals surface area contributed by atoms with Crippen molar-refractivity contribution in [3.63, 3.8) is 0 Å². The van der Waals surface area contributed by atoms with E-state index in [1.807, 2.05) is 4.90 Å². The zero-order chi connectivity index (χ0) is 10.9. The van der Waals surface area contributed by atoms with Crippen LogP contribution in [-0.2, 0) is 9.59 Å². The lowest BCUT2D eigenvalue weighted by Gasteiger charge is -2.43. The predicted octanol–water partition coefficient (Wildman–Crippen LogP) is -1.20. The molecule has 1 unspecified atom stereocenters. The average molecular weight is 211 g/mol. The van der Waals surface area contributed by atoms with E-state index in [0.717, 1.165) is 32.6 Å². The van der Waals surface area contributed by atoms with Crippen LogP contribution in [0.3, 0.4) is 0 Å². The Morgan fingerprint density at radius 1 is 1.67 bits per heavy atom.